The molecule has 1 aliphatic rings. The molecule has 1 saturated heterocycles. The van der Waals surface area contributed by atoms with Crippen molar-refractivity contribution in [3.63, 3.8) is 0 Å². The molecular weight excluding hydrogens is 202 g/mol. The molecule has 0 radical (unpaired) electrons. The smallest absolute Gasteiger partial charge is 0.0700 e. The van der Waals surface area contributed by atoms with Gasteiger partial charge in [-0.3, -0.25) is 4.68 Å². The zero-order valence-corrected chi connectivity index (χ0v) is 10.3. The molecule has 4 nitrogen and oxygen atoms in total. The van der Waals surface area contributed by atoms with Crippen LogP contribution in [-0.2, 0) is 11.3 Å². The van der Waals surface area contributed by atoms with Gasteiger partial charge in [-0.2, -0.15) is 5.10 Å². The lowest BCUT2D eigenvalue weighted by molar-refractivity contribution is 0.111. The summed E-state index contributed by atoms with van der Waals surface area (Å²) in [5, 5.41) is 7.90. The van der Waals surface area contributed by atoms with E-state index in [2.05, 4.69) is 37.4 Å². The van der Waals surface area contributed by atoms with Crippen LogP contribution >= 0.6 is 0 Å². The Balaban J connectivity index is 1.94. The maximum atomic E-state index is 5.55. The van der Waals surface area contributed by atoms with Crippen LogP contribution in [0.4, 0.5) is 0 Å². The van der Waals surface area contributed by atoms with Crippen LogP contribution in [0.3, 0.4) is 0 Å². The van der Waals surface area contributed by atoms with Crippen molar-refractivity contribution in [1.29, 1.82) is 0 Å². The summed E-state index contributed by atoms with van der Waals surface area (Å²) in [6, 6.07) is 0.814. The van der Waals surface area contributed by atoms with Gasteiger partial charge < -0.3 is 10.1 Å². The van der Waals surface area contributed by atoms with Crippen molar-refractivity contribution in [2.75, 3.05) is 6.61 Å². The Morgan fingerprint density at radius 1 is 1.69 bits per heavy atom. The van der Waals surface area contributed by atoms with Gasteiger partial charge in [-0.05, 0) is 27.2 Å². The molecule has 1 fully saturated rings. The molecule has 1 aromatic rings. The molecule has 0 bridgehead atoms. The molecule has 1 N–H and O–H groups in total. The van der Waals surface area contributed by atoms with Crippen LogP contribution in [0.2, 0.25) is 0 Å². The van der Waals surface area contributed by atoms with Crippen LogP contribution < -0.4 is 5.32 Å². The Kier molecular flexibility index (Phi) is 3.61. The number of ether oxygens (including phenoxy) is 1. The first-order chi connectivity index (χ1) is 7.70. The van der Waals surface area contributed by atoms with E-state index in [0.29, 0.717) is 18.2 Å². The second-order valence-corrected chi connectivity index (χ2v) is 4.49. The molecule has 90 valence electrons. The van der Waals surface area contributed by atoms with Crippen molar-refractivity contribution >= 4 is 0 Å². The summed E-state index contributed by atoms with van der Waals surface area (Å²) in [7, 11) is 0. The molecule has 0 aromatic carbocycles. The number of aromatic nitrogens is 2. The molecule has 0 saturated carbocycles. The lowest BCUT2D eigenvalue weighted by atomic mass is 10.1. The first-order valence-electron chi connectivity index (χ1n) is 6.10. The maximum Gasteiger partial charge on any atom is 0.0700 e. The van der Waals surface area contributed by atoms with Gasteiger partial charge in [0.1, 0.15) is 0 Å². The molecule has 4 heteroatoms. The average Bonchev–Trinajstić information content (AvgIpc) is 2.88. The van der Waals surface area contributed by atoms with E-state index in [0.717, 1.165) is 19.6 Å². The highest BCUT2D eigenvalue weighted by Gasteiger charge is 2.25. The van der Waals surface area contributed by atoms with Crippen molar-refractivity contribution < 1.29 is 4.74 Å². The van der Waals surface area contributed by atoms with E-state index < -0.39 is 0 Å². The summed E-state index contributed by atoms with van der Waals surface area (Å²) < 4.78 is 7.51. The lowest BCUT2D eigenvalue weighted by Crippen LogP contribution is -2.36. The number of hydrogen-bond donors (Lipinski definition) is 1. The fourth-order valence-corrected chi connectivity index (χ4v) is 2.14. The van der Waals surface area contributed by atoms with E-state index in [4.69, 9.17) is 4.74 Å². The van der Waals surface area contributed by atoms with Crippen LogP contribution in [0.1, 0.15) is 38.8 Å². The molecule has 3 atom stereocenters. The Morgan fingerprint density at radius 3 is 3.06 bits per heavy atom. The Bertz CT molecular complexity index is 337. The molecular formula is C12H21N3O. The van der Waals surface area contributed by atoms with Crippen LogP contribution in [0, 0.1) is 0 Å². The van der Waals surface area contributed by atoms with E-state index in [1.807, 2.05) is 10.9 Å². The van der Waals surface area contributed by atoms with Gasteiger partial charge in [0.05, 0.1) is 12.3 Å². The van der Waals surface area contributed by atoms with E-state index in [1.54, 1.807) is 0 Å². The summed E-state index contributed by atoms with van der Waals surface area (Å²) in [5.74, 6) is 0. The molecule has 1 aliphatic heterocycles. The van der Waals surface area contributed by atoms with Gasteiger partial charge in [0.2, 0.25) is 0 Å². The second kappa shape index (κ2) is 4.97. The Labute approximate surface area is 97.0 Å². The molecule has 0 spiro atoms. The average molecular weight is 223 g/mol. The van der Waals surface area contributed by atoms with Gasteiger partial charge in [-0.25, -0.2) is 0 Å². The van der Waals surface area contributed by atoms with Crippen LogP contribution in [-0.4, -0.2) is 28.5 Å². The van der Waals surface area contributed by atoms with Crippen molar-refractivity contribution in [2.24, 2.45) is 0 Å². The van der Waals surface area contributed by atoms with E-state index in [-0.39, 0.29) is 0 Å². The fourth-order valence-electron chi connectivity index (χ4n) is 2.14. The van der Waals surface area contributed by atoms with Gasteiger partial charge in [-0.1, -0.05) is 0 Å². The van der Waals surface area contributed by atoms with Crippen LogP contribution in [0.25, 0.3) is 0 Å². The van der Waals surface area contributed by atoms with Crippen molar-refractivity contribution in [1.82, 2.24) is 15.1 Å². The standard InChI is InChI=1S/C12H21N3O/c1-4-15-8-11(7-13-15)9(2)14-12-5-6-16-10(12)3/h7-10,12,14H,4-6H2,1-3H3. The van der Waals surface area contributed by atoms with Crippen molar-refractivity contribution in [3.05, 3.63) is 18.0 Å². The summed E-state index contributed by atoms with van der Waals surface area (Å²) in [6.07, 6.45) is 5.48. The lowest BCUT2D eigenvalue weighted by Gasteiger charge is -2.20. The van der Waals surface area contributed by atoms with E-state index in [1.165, 1.54) is 5.56 Å². The van der Waals surface area contributed by atoms with Gasteiger partial charge in [0.25, 0.3) is 0 Å². The highest BCUT2D eigenvalue weighted by molar-refractivity contribution is 5.09. The minimum Gasteiger partial charge on any atom is -0.377 e. The monoisotopic (exact) mass is 223 g/mol. The summed E-state index contributed by atoms with van der Waals surface area (Å²) in [6.45, 7) is 8.21. The number of nitrogens with zero attached hydrogens (tertiary/aromatic N) is 2. The number of aryl methyl sites for hydroxylation is 1. The number of hydrogen-bond acceptors (Lipinski definition) is 3. The van der Waals surface area contributed by atoms with Crippen LogP contribution in [0.15, 0.2) is 12.4 Å². The Hall–Kier alpha value is -0.870. The third kappa shape index (κ3) is 2.44. The van der Waals surface area contributed by atoms with Gasteiger partial charge >= 0.3 is 0 Å². The Morgan fingerprint density at radius 2 is 2.50 bits per heavy atom. The third-order valence-corrected chi connectivity index (χ3v) is 3.32. The molecule has 2 heterocycles. The predicted molar refractivity (Wildman–Crippen MR) is 63.3 cm³/mol. The summed E-state index contributed by atoms with van der Waals surface area (Å²) >= 11 is 0. The van der Waals surface area contributed by atoms with E-state index in [9.17, 15) is 0 Å². The van der Waals surface area contributed by atoms with Crippen molar-refractivity contribution in [2.45, 2.75) is 51.9 Å². The first-order valence-corrected chi connectivity index (χ1v) is 6.10. The summed E-state index contributed by atoms with van der Waals surface area (Å²) in [4.78, 5) is 0. The minimum absolute atomic E-state index is 0.323. The maximum absolute atomic E-state index is 5.55. The molecule has 0 aliphatic carbocycles. The SMILES string of the molecule is CCn1cc(C(C)NC2CCOC2C)cn1. The first kappa shape index (κ1) is 11.6. The molecule has 3 unspecified atom stereocenters. The number of rotatable bonds is 4. The third-order valence-electron chi connectivity index (χ3n) is 3.32. The second-order valence-electron chi connectivity index (χ2n) is 4.49. The molecule has 2 rings (SSSR count). The molecule has 1 aromatic heterocycles. The highest BCUT2D eigenvalue weighted by Crippen LogP contribution is 2.18. The zero-order chi connectivity index (χ0) is 11.5. The van der Waals surface area contributed by atoms with Crippen LogP contribution in [0.5, 0.6) is 0 Å². The molecule has 16 heavy (non-hydrogen) atoms. The summed E-state index contributed by atoms with van der Waals surface area (Å²) in [5.41, 5.74) is 1.25. The van der Waals surface area contributed by atoms with Crippen molar-refractivity contribution in [3.8, 4) is 0 Å². The highest BCUT2D eigenvalue weighted by atomic mass is 16.5. The molecule has 0 amide bonds. The number of nitrogens with one attached hydrogen (secondary N) is 1. The quantitative estimate of drug-likeness (QED) is 0.845. The minimum atomic E-state index is 0.323. The zero-order valence-electron chi connectivity index (χ0n) is 10.3. The van der Waals surface area contributed by atoms with Gasteiger partial charge in [0.15, 0.2) is 0 Å². The topological polar surface area (TPSA) is 39.1 Å². The largest absolute Gasteiger partial charge is 0.377 e. The van der Waals surface area contributed by atoms with Gasteiger partial charge in [0, 0.05) is 37.0 Å². The van der Waals surface area contributed by atoms with Gasteiger partial charge in [-0.15, -0.1) is 0 Å². The predicted octanol–water partition coefficient (Wildman–Crippen LogP) is 1.73. The normalized spacial score (nSPS) is 27.2. The fraction of sp³-hybridized carbons (Fsp3) is 0.750. The van der Waals surface area contributed by atoms with E-state index >= 15 is 0 Å².